The van der Waals surface area contributed by atoms with E-state index in [0.29, 0.717) is 9.23 Å². The third-order valence-electron chi connectivity index (χ3n) is 2.46. The number of thiocarbonyl (C=S) groups is 1. The first-order valence-corrected chi connectivity index (χ1v) is 6.33. The largest absolute Gasteiger partial charge is 0.395 e. The molecule has 0 spiro atoms. The SMILES string of the molecule is Cn1cccc1/C=C1\SC(=S)N(CCO)C1=O. The number of carbonyl (C=O) groups is 1. The second-order valence-electron chi connectivity index (χ2n) is 3.60. The predicted octanol–water partition coefficient (Wildman–Crippen LogP) is 1.22. The van der Waals surface area contributed by atoms with E-state index in [9.17, 15) is 4.79 Å². The molecule has 2 rings (SSSR count). The molecule has 17 heavy (non-hydrogen) atoms. The summed E-state index contributed by atoms with van der Waals surface area (Å²) in [6.07, 6.45) is 3.73. The van der Waals surface area contributed by atoms with Crippen LogP contribution in [-0.4, -0.2) is 38.0 Å². The van der Waals surface area contributed by atoms with Gasteiger partial charge in [-0.05, 0) is 18.2 Å². The summed E-state index contributed by atoms with van der Waals surface area (Å²) in [5.74, 6) is -0.129. The Morgan fingerprint density at radius 3 is 2.94 bits per heavy atom. The summed E-state index contributed by atoms with van der Waals surface area (Å²) < 4.78 is 2.43. The third-order valence-corrected chi connectivity index (χ3v) is 3.84. The molecule has 0 saturated carbocycles. The van der Waals surface area contributed by atoms with Crippen LogP contribution in [0, 0.1) is 0 Å². The Balaban J connectivity index is 2.25. The number of thioether (sulfide) groups is 1. The number of aryl methyl sites for hydroxylation is 1. The van der Waals surface area contributed by atoms with Crippen molar-refractivity contribution in [3.05, 3.63) is 28.9 Å². The molecule has 1 aromatic heterocycles. The van der Waals surface area contributed by atoms with Crippen LogP contribution in [-0.2, 0) is 11.8 Å². The number of hydrogen-bond acceptors (Lipinski definition) is 4. The van der Waals surface area contributed by atoms with Crippen molar-refractivity contribution >= 4 is 40.3 Å². The minimum absolute atomic E-state index is 0.0795. The molecule has 0 atom stereocenters. The summed E-state index contributed by atoms with van der Waals surface area (Å²) in [6.45, 7) is 0.180. The van der Waals surface area contributed by atoms with Crippen LogP contribution in [0.15, 0.2) is 23.2 Å². The molecule has 0 aromatic carbocycles. The fourth-order valence-electron chi connectivity index (χ4n) is 1.55. The lowest BCUT2D eigenvalue weighted by Crippen LogP contribution is -2.30. The lowest BCUT2D eigenvalue weighted by molar-refractivity contribution is -0.122. The molecule has 2 heterocycles. The topological polar surface area (TPSA) is 45.5 Å². The van der Waals surface area contributed by atoms with E-state index in [-0.39, 0.29) is 19.1 Å². The van der Waals surface area contributed by atoms with Gasteiger partial charge in [-0.1, -0.05) is 24.0 Å². The summed E-state index contributed by atoms with van der Waals surface area (Å²) in [6, 6.07) is 3.85. The maximum atomic E-state index is 12.0. The first-order valence-electron chi connectivity index (χ1n) is 5.11. The number of hydrogen-bond donors (Lipinski definition) is 1. The Labute approximate surface area is 109 Å². The number of β-amino-alcohol motifs (C(OH)–C–C–N with tert-alkyl or cyclic N) is 1. The summed E-state index contributed by atoms with van der Waals surface area (Å²) in [5, 5.41) is 8.86. The lowest BCUT2D eigenvalue weighted by Gasteiger charge is -2.11. The molecule has 1 N–H and O–H groups in total. The number of rotatable bonds is 3. The highest BCUT2D eigenvalue weighted by atomic mass is 32.2. The van der Waals surface area contributed by atoms with E-state index in [1.165, 1.54) is 16.7 Å². The van der Waals surface area contributed by atoms with Crippen LogP contribution in [0.1, 0.15) is 5.69 Å². The average Bonchev–Trinajstić information content (AvgIpc) is 2.79. The number of amides is 1. The van der Waals surface area contributed by atoms with Gasteiger partial charge in [0.15, 0.2) is 0 Å². The molecular formula is C11H12N2O2S2. The van der Waals surface area contributed by atoms with E-state index in [0.717, 1.165) is 5.69 Å². The van der Waals surface area contributed by atoms with Crippen LogP contribution >= 0.6 is 24.0 Å². The Morgan fingerprint density at radius 1 is 1.59 bits per heavy atom. The van der Waals surface area contributed by atoms with Crippen molar-refractivity contribution in [3.8, 4) is 0 Å². The van der Waals surface area contributed by atoms with Gasteiger partial charge in [0, 0.05) is 18.9 Å². The highest BCUT2D eigenvalue weighted by Gasteiger charge is 2.31. The second kappa shape index (κ2) is 5.03. The van der Waals surface area contributed by atoms with Gasteiger partial charge in [-0.2, -0.15) is 0 Å². The third kappa shape index (κ3) is 2.43. The molecule has 1 aliphatic heterocycles. The fourth-order valence-corrected chi connectivity index (χ4v) is 2.84. The first-order chi connectivity index (χ1) is 8.13. The Bertz CT molecular complexity index is 493. The maximum Gasteiger partial charge on any atom is 0.266 e. The van der Waals surface area contributed by atoms with Crippen LogP contribution in [0.3, 0.4) is 0 Å². The highest BCUT2D eigenvalue weighted by molar-refractivity contribution is 8.26. The number of aromatic nitrogens is 1. The Hall–Kier alpha value is -1.11. The van der Waals surface area contributed by atoms with Gasteiger partial charge in [-0.15, -0.1) is 0 Å². The zero-order valence-corrected chi connectivity index (χ0v) is 10.9. The van der Waals surface area contributed by atoms with Crippen molar-refractivity contribution in [2.45, 2.75) is 0 Å². The number of aliphatic hydroxyl groups excluding tert-OH is 1. The van der Waals surface area contributed by atoms with Gasteiger partial charge >= 0.3 is 0 Å². The van der Waals surface area contributed by atoms with Crippen LogP contribution in [0.2, 0.25) is 0 Å². The summed E-state index contributed by atoms with van der Waals surface area (Å²) in [4.78, 5) is 14.0. The van der Waals surface area contributed by atoms with Crippen LogP contribution in [0.25, 0.3) is 6.08 Å². The molecule has 0 aliphatic carbocycles. The summed E-state index contributed by atoms with van der Waals surface area (Å²) >= 11 is 6.37. The van der Waals surface area contributed by atoms with Gasteiger partial charge in [0.05, 0.1) is 18.1 Å². The van der Waals surface area contributed by atoms with Gasteiger partial charge in [-0.25, -0.2) is 0 Å². The van der Waals surface area contributed by atoms with E-state index < -0.39 is 0 Å². The summed E-state index contributed by atoms with van der Waals surface area (Å²) in [7, 11) is 1.92. The second-order valence-corrected chi connectivity index (χ2v) is 5.28. The number of aliphatic hydroxyl groups is 1. The van der Waals surface area contributed by atoms with Crippen molar-refractivity contribution in [1.29, 1.82) is 0 Å². The molecule has 6 heteroatoms. The normalized spacial score (nSPS) is 18.5. The van der Waals surface area contributed by atoms with Crippen LogP contribution < -0.4 is 0 Å². The fraction of sp³-hybridized carbons (Fsp3) is 0.273. The molecule has 1 aliphatic rings. The highest BCUT2D eigenvalue weighted by Crippen LogP contribution is 2.32. The van der Waals surface area contributed by atoms with E-state index >= 15 is 0 Å². The lowest BCUT2D eigenvalue weighted by atomic mass is 10.3. The van der Waals surface area contributed by atoms with Gasteiger partial charge in [-0.3, -0.25) is 9.69 Å². The predicted molar refractivity (Wildman–Crippen MR) is 72.4 cm³/mol. The zero-order chi connectivity index (χ0) is 12.4. The standard InChI is InChI=1S/C11H12N2O2S2/c1-12-4-2-3-8(12)7-9-10(15)13(5-6-14)11(16)17-9/h2-4,7,14H,5-6H2,1H3/b9-7-. The van der Waals surface area contributed by atoms with Crippen LogP contribution in [0.4, 0.5) is 0 Å². The van der Waals surface area contributed by atoms with Crippen molar-refractivity contribution in [2.24, 2.45) is 7.05 Å². The van der Waals surface area contributed by atoms with E-state index in [1.807, 2.05) is 36.0 Å². The first kappa shape index (κ1) is 12.3. The number of nitrogens with zero attached hydrogens (tertiary/aromatic N) is 2. The average molecular weight is 268 g/mol. The molecule has 1 saturated heterocycles. The van der Waals surface area contributed by atoms with E-state index in [4.69, 9.17) is 17.3 Å². The Kier molecular flexibility index (Phi) is 3.66. The van der Waals surface area contributed by atoms with Gasteiger partial charge in [0.25, 0.3) is 5.91 Å². The van der Waals surface area contributed by atoms with Gasteiger partial charge in [0.2, 0.25) is 0 Å². The van der Waals surface area contributed by atoms with E-state index in [1.54, 1.807) is 0 Å². The van der Waals surface area contributed by atoms with Gasteiger partial charge in [0.1, 0.15) is 4.32 Å². The molecule has 1 fully saturated rings. The number of carbonyl (C=O) groups excluding carboxylic acids is 1. The molecular weight excluding hydrogens is 256 g/mol. The molecule has 1 aromatic rings. The minimum Gasteiger partial charge on any atom is -0.395 e. The molecule has 90 valence electrons. The molecule has 0 bridgehead atoms. The van der Waals surface area contributed by atoms with Crippen molar-refractivity contribution in [3.63, 3.8) is 0 Å². The quantitative estimate of drug-likeness (QED) is 0.661. The smallest absolute Gasteiger partial charge is 0.266 e. The molecule has 0 unspecified atom stereocenters. The monoisotopic (exact) mass is 268 g/mol. The molecule has 4 nitrogen and oxygen atoms in total. The Morgan fingerprint density at radius 2 is 2.35 bits per heavy atom. The maximum absolute atomic E-state index is 12.0. The van der Waals surface area contributed by atoms with Crippen molar-refractivity contribution in [2.75, 3.05) is 13.2 Å². The van der Waals surface area contributed by atoms with Crippen molar-refractivity contribution in [1.82, 2.24) is 9.47 Å². The summed E-state index contributed by atoms with van der Waals surface area (Å²) in [5.41, 5.74) is 0.953. The van der Waals surface area contributed by atoms with Crippen LogP contribution in [0.5, 0.6) is 0 Å². The zero-order valence-electron chi connectivity index (χ0n) is 9.29. The minimum atomic E-state index is -0.129. The molecule has 1 amide bonds. The van der Waals surface area contributed by atoms with Crippen molar-refractivity contribution < 1.29 is 9.90 Å². The van der Waals surface area contributed by atoms with E-state index in [2.05, 4.69) is 0 Å². The van der Waals surface area contributed by atoms with Gasteiger partial charge < -0.3 is 9.67 Å². The molecule has 0 radical (unpaired) electrons.